The smallest absolute Gasteiger partial charge is 0.344 e. The van der Waals surface area contributed by atoms with Crippen LogP contribution in [0.1, 0.15) is 10.4 Å². The summed E-state index contributed by atoms with van der Waals surface area (Å²) in [6, 6.07) is 32.6. The second-order valence-electron chi connectivity index (χ2n) is 7.51. The summed E-state index contributed by atoms with van der Waals surface area (Å²) >= 11 is 18.8. The lowest BCUT2D eigenvalue weighted by Crippen LogP contribution is -2.33. The molecule has 36 heavy (non-hydrogen) atoms. The molecule has 0 atom stereocenters. The number of thiazole rings is 1. The first-order chi connectivity index (χ1) is 17.4. The SMILES string of the molecule is Clc1ccc(-c2csc(Nc3ccccc3)[n+]2-c2ccccc2)cc1.O=C([O-])c1ccc(Cl)cc1Cl. The largest absolute Gasteiger partial charge is 0.545 e. The summed E-state index contributed by atoms with van der Waals surface area (Å²) in [4.78, 5) is 10.3. The number of hydrogen-bond acceptors (Lipinski definition) is 4. The molecule has 1 aromatic heterocycles. The van der Waals surface area contributed by atoms with Crippen LogP contribution in [0.25, 0.3) is 16.9 Å². The predicted octanol–water partition coefficient (Wildman–Crippen LogP) is 7.45. The monoisotopic (exact) mass is 552 g/mol. The molecule has 0 fully saturated rings. The fourth-order valence-electron chi connectivity index (χ4n) is 3.36. The van der Waals surface area contributed by atoms with E-state index in [0.717, 1.165) is 32.8 Å². The van der Waals surface area contributed by atoms with Crippen molar-refractivity contribution < 1.29 is 14.5 Å². The molecule has 0 aliphatic carbocycles. The van der Waals surface area contributed by atoms with Crippen LogP contribution in [0.2, 0.25) is 15.1 Å². The Morgan fingerprint density at radius 3 is 2.00 bits per heavy atom. The number of carbonyl (C=O) groups is 1. The number of aromatic nitrogens is 1. The maximum Gasteiger partial charge on any atom is 0.344 e. The molecule has 0 aliphatic rings. The van der Waals surface area contributed by atoms with E-state index in [1.54, 1.807) is 11.3 Å². The van der Waals surface area contributed by atoms with Gasteiger partial charge in [0.25, 0.3) is 0 Å². The number of carboxylic acid groups (broad SMARTS) is 1. The van der Waals surface area contributed by atoms with Gasteiger partial charge in [0.05, 0.1) is 11.0 Å². The molecule has 0 aliphatic heterocycles. The van der Waals surface area contributed by atoms with Gasteiger partial charge in [-0.3, -0.25) is 0 Å². The Hall–Kier alpha value is -3.35. The molecule has 0 unspecified atom stereocenters. The van der Waals surface area contributed by atoms with Crippen molar-refractivity contribution in [3.05, 3.63) is 129 Å². The van der Waals surface area contributed by atoms with Gasteiger partial charge in [-0.25, -0.2) is 5.32 Å². The van der Waals surface area contributed by atoms with Gasteiger partial charge in [-0.1, -0.05) is 88.6 Å². The maximum absolute atomic E-state index is 10.3. The van der Waals surface area contributed by atoms with E-state index in [2.05, 4.69) is 63.8 Å². The molecule has 0 radical (unpaired) electrons. The quantitative estimate of drug-likeness (QED) is 0.230. The second-order valence-corrected chi connectivity index (χ2v) is 9.64. The first kappa shape index (κ1) is 25.7. The van der Waals surface area contributed by atoms with Crippen molar-refractivity contribution in [3.63, 3.8) is 0 Å². The zero-order valence-electron chi connectivity index (χ0n) is 18.7. The van der Waals surface area contributed by atoms with E-state index in [0.29, 0.717) is 5.02 Å². The average Bonchev–Trinajstić information content (AvgIpc) is 3.29. The summed E-state index contributed by atoms with van der Waals surface area (Å²) in [6.45, 7) is 0. The zero-order valence-corrected chi connectivity index (χ0v) is 21.8. The average molecular weight is 554 g/mol. The third-order valence-electron chi connectivity index (χ3n) is 5.06. The summed E-state index contributed by atoms with van der Waals surface area (Å²) in [5, 5.41) is 18.3. The first-order valence-corrected chi connectivity index (χ1v) is 12.8. The summed E-state index contributed by atoms with van der Waals surface area (Å²) < 4.78 is 2.24. The number of rotatable bonds is 5. The summed E-state index contributed by atoms with van der Waals surface area (Å²) in [7, 11) is 0. The normalized spacial score (nSPS) is 10.3. The van der Waals surface area contributed by atoms with Gasteiger partial charge < -0.3 is 9.90 Å². The number of carbonyl (C=O) groups excluding carboxylic acids is 1. The van der Waals surface area contributed by atoms with Crippen molar-refractivity contribution in [2.75, 3.05) is 5.32 Å². The minimum Gasteiger partial charge on any atom is -0.545 e. The molecular weight excluding hydrogens is 535 g/mol. The van der Waals surface area contributed by atoms with E-state index in [9.17, 15) is 9.90 Å². The van der Waals surface area contributed by atoms with Crippen molar-refractivity contribution in [1.29, 1.82) is 0 Å². The lowest BCUT2D eigenvalue weighted by molar-refractivity contribution is -0.563. The van der Waals surface area contributed by atoms with Crippen molar-refractivity contribution >= 4 is 62.9 Å². The highest BCUT2D eigenvalue weighted by Crippen LogP contribution is 2.28. The first-order valence-electron chi connectivity index (χ1n) is 10.8. The van der Waals surface area contributed by atoms with Crippen LogP contribution in [0.4, 0.5) is 10.8 Å². The van der Waals surface area contributed by atoms with Gasteiger partial charge in [-0.05, 0) is 60.7 Å². The number of benzene rings is 4. The van der Waals surface area contributed by atoms with Gasteiger partial charge in [0.1, 0.15) is 11.4 Å². The van der Waals surface area contributed by atoms with Crippen LogP contribution in [0.15, 0.2) is 109 Å². The van der Waals surface area contributed by atoms with Crippen molar-refractivity contribution in [2.24, 2.45) is 0 Å². The molecule has 1 N–H and O–H groups in total. The molecule has 0 saturated heterocycles. The topological polar surface area (TPSA) is 56.0 Å². The van der Waals surface area contributed by atoms with Gasteiger partial charge in [-0.15, -0.1) is 0 Å². The van der Waals surface area contributed by atoms with Crippen molar-refractivity contribution in [3.8, 4) is 16.9 Å². The van der Waals surface area contributed by atoms with Crippen LogP contribution < -0.4 is 15.0 Å². The van der Waals surface area contributed by atoms with E-state index in [4.69, 9.17) is 34.8 Å². The number of hydrogen-bond donors (Lipinski definition) is 1. The third kappa shape index (κ3) is 6.45. The maximum atomic E-state index is 10.3. The fraction of sp³-hybridized carbons (Fsp3) is 0. The number of nitrogens with zero attached hydrogens (tertiary/aromatic N) is 1. The molecule has 0 bridgehead atoms. The summed E-state index contributed by atoms with van der Waals surface area (Å²) in [5.74, 6) is -1.30. The number of carboxylic acids is 1. The van der Waals surface area contributed by atoms with E-state index in [-0.39, 0.29) is 10.6 Å². The van der Waals surface area contributed by atoms with Gasteiger partial charge >= 0.3 is 5.13 Å². The zero-order chi connectivity index (χ0) is 25.5. The number of aromatic carboxylic acids is 1. The highest BCUT2D eigenvalue weighted by atomic mass is 35.5. The van der Waals surface area contributed by atoms with Crippen LogP contribution in [-0.2, 0) is 0 Å². The molecule has 4 nitrogen and oxygen atoms in total. The lowest BCUT2D eigenvalue weighted by Gasteiger charge is -2.06. The Bertz CT molecular complexity index is 1460. The molecular formula is C28H19Cl3N2O2S. The highest BCUT2D eigenvalue weighted by Gasteiger charge is 2.21. The minimum absolute atomic E-state index is 0.0453. The van der Waals surface area contributed by atoms with E-state index in [1.807, 2.05) is 36.4 Å². The minimum atomic E-state index is -1.30. The Balaban J connectivity index is 0.000000233. The Kier molecular flexibility index (Phi) is 8.62. The van der Waals surface area contributed by atoms with E-state index >= 15 is 0 Å². The number of para-hydroxylation sites is 2. The Morgan fingerprint density at radius 1 is 0.778 bits per heavy atom. The standard InChI is InChI=1S/C21H15ClN2S.C7H4Cl2O2/c22-17-13-11-16(12-14-17)20-15-25-21(23-18-7-3-1-4-8-18)24(20)19-9-5-2-6-10-19;8-4-1-2-5(7(10)11)6(9)3-4/h1-15H;1-3H,(H,10,11). The Labute approximate surface area is 228 Å². The predicted molar refractivity (Wildman–Crippen MR) is 147 cm³/mol. The van der Waals surface area contributed by atoms with Crippen LogP contribution in [0, 0.1) is 0 Å². The van der Waals surface area contributed by atoms with Crippen LogP contribution in [0.3, 0.4) is 0 Å². The summed E-state index contributed by atoms with van der Waals surface area (Å²) in [5.41, 5.74) is 4.40. The van der Waals surface area contributed by atoms with Crippen LogP contribution in [0.5, 0.6) is 0 Å². The van der Waals surface area contributed by atoms with Gasteiger partial charge in [-0.2, -0.15) is 4.57 Å². The second kappa shape index (κ2) is 12.1. The third-order valence-corrected chi connectivity index (χ3v) is 6.71. The number of halogens is 3. The van der Waals surface area contributed by atoms with Gasteiger partial charge in [0.15, 0.2) is 5.69 Å². The molecule has 0 saturated carbocycles. The molecule has 180 valence electrons. The molecule has 4 aromatic carbocycles. The number of nitrogens with one attached hydrogen (secondary N) is 1. The molecule has 5 aromatic rings. The fourth-order valence-corrected chi connectivity index (χ4v) is 4.93. The van der Waals surface area contributed by atoms with Crippen LogP contribution in [-0.4, -0.2) is 5.97 Å². The highest BCUT2D eigenvalue weighted by molar-refractivity contribution is 7.13. The van der Waals surface area contributed by atoms with E-state index in [1.165, 1.54) is 18.2 Å². The van der Waals surface area contributed by atoms with Gasteiger partial charge in [0.2, 0.25) is 0 Å². The van der Waals surface area contributed by atoms with Crippen LogP contribution >= 0.6 is 46.1 Å². The molecule has 8 heteroatoms. The van der Waals surface area contributed by atoms with Crippen molar-refractivity contribution in [2.45, 2.75) is 0 Å². The van der Waals surface area contributed by atoms with Crippen molar-refractivity contribution in [1.82, 2.24) is 0 Å². The van der Waals surface area contributed by atoms with Gasteiger partial charge in [0, 0.05) is 26.6 Å². The Morgan fingerprint density at radius 2 is 1.39 bits per heavy atom. The lowest BCUT2D eigenvalue weighted by atomic mass is 10.1. The molecule has 5 rings (SSSR count). The number of anilines is 2. The summed E-state index contributed by atoms with van der Waals surface area (Å²) in [6.07, 6.45) is 0. The van der Waals surface area contributed by atoms with E-state index < -0.39 is 5.97 Å². The molecule has 1 heterocycles. The molecule has 0 amide bonds. The molecule has 0 spiro atoms.